The highest BCUT2D eigenvalue weighted by Crippen LogP contribution is 2.35. The van der Waals surface area contributed by atoms with Crippen LogP contribution in [0, 0.1) is 11.3 Å². The summed E-state index contributed by atoms with van der Waals surface area (Å²) in [7, 11) is 0. The molecule has 0 spiro atoms. The SMILES string of the molecule is C=C(/N=C(\C=C(/N)c1cncc(C#N)c1)N1CCN(c2ncccc2C(F)(F)F)CC1)N1CCCC1. The normalized spacial score (nSPS) is 17.3. The van der Waals surface area contributed by atoms with Crippen molar-refractivity contribution in [3.63, 3.8) is 0 Å². The topological polar surface area (TPSA) is 97.7 Å². The van der Waals surface area contributed by atoms with Crippen LogP contribution in [-0.2, 0) is 6.18 Å². The van der Waals surface area contributed by atoms with E-state index in [9.17, 15) is 18.4 Å². The Kier molecular flexibility index (Phi) is 7.43. The Balaban J connectivity index is 1.58. The van der Waals surface area contributed by atoms with Crippen molar-refractivity contribution in [3.8, 4) is 6.07 Å². The van der Waals surface area contributed by atoms with Crippen LogP contribution in [0.3, 0.4) is 0 Å². The number of nitrogens with zero attached hydrogens (tertiary/aromatic N) is 7. The number of amidine groups is 1. The molecule has 0 saturated carbocycles. The Morgan fingerprint density at radius 1 is 1.11 bits per heavy atom. The van der Waals surface area contributed by atoms with Gasteiger partial charge >= 0.3 is 6.18 Å². The van der Waals surface area contributed by atoms with Crippen molar-refractivity contribution < 1.29 is 13.2 Å². The van der Waals surface area contributed by atoms with Gasteiger partial charge in [0, 0.05) is 75.2 Å². The number of rotatable bonds is 5. The second-order valence-corrected chi connectivity index (χ2v) is 8.60. The van der Waals surface area contributed by atoms with Crippen LogP contribution in [-0.4, -0.2) is 64.9 Å². The Labute approximate surface area is 207 Å². The number of piperazine rings is 1. The Hall–Kier alpha value is -4.07. The van der Waals surface area contributed by atoms with Crippen molar-refractivity contribution >= 4 is 17.4 Å². The lowest BCUT2D eigenvalue weighted by atomic mass is 10.1. The van der Waals surface area contributed by atoms with Crippen LogP contribution < -0.4 is 10.6 Å². The molecule has 11 heteroatoms. The molecule has 188 valence electrons. The molecule has 0 aliphatic carbocycles. The zero-order valence-corrected chi connectivity index (χ0v) is 19.7. The first-order chi connectivity index (χ1) is 17.3. The monoisotopic (exact) mass is 496 g/mol. The van der Waals surface area contributed by atoms with Gasteiger partial charge in [0.25, 0.3) is 0 Å². The zero-order valence-electron chi connectivity index (χ0n) is 19.7. The van der Waals surface area contributed by atoms with E-state index in [1.54, 1.807) is 23.2 Å². The maximum atomic E-state index is 13.5. The van der Waals surface area contributed by atoms with Crippen LogP contribution in [0.5, 0.6) is 0 Å². The summed E-state index contributed by atoms with van der Waals surface area (Å²) in [6.45, 7) is 7.35. The third-order valence-electron chi connectivity index (χ3n) is 6.20. The summed E-state index contributed by atoms with van der Waals surface area (Å²) in [5.74, 6) is 1.10. The van der Waals surface area contributed by atoms with Crippen LogP contribution in [0.1, 0.15) is 29.5 Å². The molecule has 0 amide bonds. The zero-order chi connectivity index (χ0) is 25.7. The minimum Gasteiger partial charge on any atom is -0.398 e. The highest BCUT2D eigenvalue weighted by molar-refractivity contribution is 5.99. The summed E-state index contributed by atoms with van der Waals surface area (Å²) < 4.78 is 40.5. The van der Waals surface area contributed by atoms with Crippen LogP contribution in [0.15, 0.2) is 60.3 Å². The first kappa shape index (κ1) is 25.0. The third kappa shape index (κ3) is 5.76. The van der Waals surface area contributed by atoms with E-state index in [0.717, 1.165) is 32.0 Å². The standard InChI is InChI=1S/C25H27F3N8/c1-18(34-7-2-3-8-34)33-23(14-22(30)20-13-19(15-29)16-31-17-20)35-9-11-36(12-10-35)24-21(25(26,27)28)5-4-6-32-24/h4-6,13-14,16-17H,1-3,7-12,30H2/b22-14-,33-23+. The summed E-state index contributed by atoms with van der Waals surface area (Å²) in [6, 6.07) is 6.03. The Morgan fingerprint density at radius 3 is 2.50 bits per heavy atom. The van der Waals surface area contributed by atoms with Gasteiger partial charge in [-0.15, -0.1) is 0 Å². The van der Waals surface area contributed by atoms with Gasteiger partial charge in [-0.1, -0.05) is 6.58 Å². The van der Waals surface area contributed by atoms with Crippen molar-refractivity contribution in [3.05, 3.63) is 72.0 Å². The number of nitriles is 1. The molecule has 0 radical (unpaired) electrons. The smallest absolute Gasteiger partial charge is 0.398 e. The Morgan fingerprint density at radius 2 is 1.83 bits per heavy atom. The van der Waals surface area contributed by atoms with Crippen LogP contribution in [0.4, 0.5) is 19.0 Å². The second-order valence-electron chi connectivity index (χ2n) is 8.60. The number of hydrogen-bond donors (Lipinski definition) is 1. The van der Waals surface area contributed by atoms with Gasteiger partial charge in [-0.2, -0.15) is 18.4 Å². The van der Waals surface area contributed by atoms with Crippen LogP contribution in [0.25, 0.3) is 5.70 Å². The lowest BCUT2D eigenvalue weighted by Crippen LogP contribution is -2.49. The molecule has 0 unspecified atom stereocenters. The van der Waals surface area contributed by atoms with Crippen molar-refractivity contribution in [1.29, 1.82) is 5.26 Å². The lowest BCUT2D eigenvalue weighted by Gasteiger charge is -2.37. The van der Waals surface area contributed by atoms with Gasteiger partial charge in [-0.3, -0.25) is 4.98 Å². The van der Waals surface area contributed by atoms with E-state index in [0.29, 0.717) is 54.7 Å². The van der Waals surface area contributed by atoms with E-state index >= 15 is 0 Å². The van der Waals surface area contributed by atoms with Gasteiger partial charge < -0.3 is 20.4 Å². The fourth-order valence-corrected chi connectivity index (χ4v) is 4.27. The first-order valence-electron chi connectivity index (χ1n) is 11.6. The van der Waals surface area contributed by atoms with Crippen molar-refractivity contribution in [1.82, 2.24) is 19.8 Å². The van der Waals surface area contributed by atoms with Gasteiger partial charge in [-0.25, -0.2) is 9.98 Å². The molecule has 2 saturated heterocycles. The molecule has 2 aromatic rings. The van der Waals surface area contributed by atoms with Crippen molar-refractivity contribution in [2.24, 2.45) is 10.7 Å². The maximum Gasteiger partial charge on any atom is 0.419 e. The average molecular weight is 497 g/mol. The Bertz CT molecular complexity index is 1200. The van der Waals surface area contributed by atoms with E-state index < -0.39 is 11.7 Å². The number of pyridine rings is 2. The fraction of sp³-hybridized carbons (Fsp3) is 0.360. The molecular weight excluding hydrogens is 469 g/mol. The minimum absolute atomic E-state index is 0.0703. The van der Waals surface area contributed by atoms with Gasteiger partial charge in [0.1, 0.15) is 23.5 Å². The highest BCUT2D eigenvalue weighted by atomic mass is 19.4. The highest BCUT2D eigenvalue weighted by Gasteiger charge is 2.36. The van der Waals surface area contributed by atoms with E-state index in [-0.39, 0.29) is 5.82 Å². The third-order valence-corrected chi connectivity index (χ3v) is 6.20. The van der Waals surface area contributed by atoms with Gasteiger partial charge in [0.05, 0.1) is 11.1 Å². The van der Waals surface area contributed by atoms with Gasteiger partial charge in [-0.05, 0) is 31.0 Å². The molecule has 2 N–H and O–H groups in total. The maximum absolute atomic E-state index is 13.5. The number of hydrogen-bond acceptors (Lipinski definition) is 7. The van der Waals surface area contributed by atoms with Crippen LogP contribution >= 0.6 is 0 Å². The molecule has 8 nitrogen and oxygen atoms in total. The fourth-order valence-electron chi connectivity index (χ4n) is 4.27. The number of aromatic nitrogens is 2. The summed E-state index contributed by atoms with van der Waals surface area (Å²) in [5.41, 5.74) is 6.95. The van der Waals surface area contributed by atoms with E-state index in [1.807, 2.05) is 11.0 Å². The molecule has 4 rings (SSSR count). The van der Waals surface area contributed by atoms with Gasteiger partial charge in [0.15, 0.2) is 0 Å². The number of anilines is 1. The van der Waals surface area contributed by atoms with E-state index in [4.69, 9.17) is 10.7 Å². The summed E-state index contributed by atoms with van der Waals surface area (Å²) in [4.78, 5) is 18.6. The van der Waals surface area contributed by atoms with E-state index in [1.165, 1.54) is 18.5 Å². The number of alkyl halides is 3. The van der Waals surface area contributed by atoms with Crippen LogP contribution in [0.2, 0.25) is 0 Å². The number of likely N-dealkylation sites (tertiary alicyclic amines) is 1. The molecule has 0 aromatic carbocycles. The molecule has 2 aliphatic rings. The molecule has 0 atom stereocenters. The quantitative estimate of drug-likeness (QED) is 0.500. The number of aliphatic imine (C=N–C) groups is 1. The number of halogens is 3. The van der Waals surface area contributed by atoms with Crippen molar-refractivity contribution in [2.75, 3.05) is 44.2 Å². The minimum atomic E-state index is -4.48. The predicted molar refractivity (Wildman–Crippen MR) is 132 cm³/mol. The molecule has 2 aliphatic heterocycles. The largest absolute Gasteiger partial charge is 0.419 e. The molecular formula is C25H27F3N8. The molecule has 4 heterocycles. The summed E-state index contributed by atoms with van der Waals surface area (Å²) in [5, 5.41) is 9.18. The van der Waals surface area contributed by atoms with E-state index in [2.05, 4.69) is 21.4 Å². The summed E-state index contributed by atoms with van der Waals surface area (Å²) >= 11 is 0. The molecule has 2 aromatic heterocycles. The first-order valence-corrected chi connectivity index (χ1v) is 11.6. The van der Waals surface area contributed by atoms with Crippen molar-refractivity contribution in [2.45, 2.75) is 19.0 Å². The van der Waals surface area contributed by atoms with Gasteiger partial charge in [0.2, 0.25) is 0 Å². The molecule has 2 fully saturated rings. The molecule has 36 heavy (non-hydrogen) atoms. The average Bonchev–Trinajstić information content (AvgIpc) is 3.43. The molecule has 0 bridgehead atoms. The summed E-state index contributed by atoms with van der Waals surface area (Å²) in [6.07, 6.45) is 3.75. The second kappa shape index (κ2) is 10.7. The predicted octanol–water partition coefficient (Wildman–Crippen LogP) is 3.45. The number of nitrogens with two attached hydrogens (primary N) is 1. The lowest BCUT2D eigenvalue weighted by molar-refractivity contribution is -0.137.